The normalized spacial score (nSPS) is 25.4. The molecule has 72 heavy (non-hydrogen) atoms. The molecule has 0 aromatic rings. The number of hydrogen-bond acceptors (Lipinski definition) is 9. The summed E-state index contributed by atoms with van der Waals surface area (Å²) in [5.41, 5.74) is 2.38. The van der Waals surface area contributed by atoms with Crippen LogP contribution in [0.5, 0.6) is 0 Å². The number of rotatable bonds is 47. The molecular formula is C62H113NO9. The summed E-state index contributed by atoms with van der Waals surface area (Å²) >= 11 is 0. The van der Waals surface area contributed by atoms with E-state index in [2.05, 4.69) is 51.2 Å². The lowest BCUT2D eigenvalue weighted by Crippen LogP contribution is -2.61. The van der Waals surface area contributed by atoms with Crippen LogP contribution in [0.4, 0.5) is 0 Å². The van der Waals surface area contributed by atoms with E-state index in [4.69, 9.17) is 14.2 Å². The van der Waals surface area contributed by atoms with Gasteiger partial charge in [0.05, 0.1) is 32.0 Å². The first kappa shape index (κ1) is 64.7. The number of aliphatic hydroxyl groups is 5. The van der Waals surface area contributed by atoms with Crippen molar-refractivity contribution in [3.8, 4) is 0 Å². The lowest BCUT2D eigenvalue weighted by atomic mass is 9.99. The first-order valence-electron chi connectivity index (χ1n) is 30.4. The summed E-state index contributed by atoms with van der Waals surface area (Å²) in [4.78, 5) is 13.5. The second-order valence-corrected chi connectivity index (χ2v) is 23.1. The maximum absolute atomic E-state index is 13.5. The summed E-state index contributed by atoms with van der Waals surface area (Å²) in [6.45, 7) is 10.1. The monoisotopic (exact) mass is 1020 g/mol. The predicted octanol–water partition coefficient (Wildman–Crippen LogP) is 13.7. The molecule has 6 N–H and O–H groups in total. The molecule has 3 fully saturated rings. The largest absolute Gasteiger partial charge is 0.394 e. The van der Waals surface area contributed by atoms with Crippen LogP contribution in [0.15, 0.2) is 35.5 Å². The number of ether oxygens (including phenoxy) is 3. The van der Waals surface area contributed by atoms with Crippen LogP contribution in [0.3, 0.4) is 0 Å². The van der Waals surface area contributed by atoms with Crippen LogP contribution in [0.1, 0.15) is 259 Å². The van der Waals surface area contributed by atoms with Gasteiger partial charge in [-0.1, -0.05) is 216 Å². The summed E-state index contributed by atoms with van der Waals surface area (Å²) in [5.74, 6) is 3.20. The predicted molar refractivity (Wildman–Crippen MR) is 297 cm³/mol. The zero-order valence-corrected chi connectivity index (χ0v) is 47.0. The molecule has 0 unspecified atom stereocenters. The highest BCUT2D eigenvalue weighted by Crippen LogP contribution is 2.46. The van der Waals surface area contributed by atoms with Gasteiger partial charge >= 0.3 is 0 Å². The van der Waals surface area contributed by atoms with Crippen LogP contribution in [0.2, 0.25) is 0 Å². The number of hydrogen-bond donors (Lipinski definition) is 6. The second kappa shape index (κ2) is 40.6. The van der Waals surface area contributed by atoms with Gasteiger partial charge in [0.15, 0.2) is 6.29 Å². The molecular weight excluding hydrogens is 903 g/mol. The molecule has 10 heteroatoms. The molecule has 10 nitrogen and oxygen atoms in total. The number of aliphatic hydroxyl groups excluding tert-OH is 5. The van der Waals surface area contributed by atoms with Gasteiger partial charge in [-0.3, -0.25) is 4.79 Å². The maximum Gasteiger partial charge on any atom is 0.249 e. The maximum atomic E-state index is 13.5. The van der Waals surface area contributed by atoms with Crippen molar-refractivity contribution in [3.63, 3.8) is 0 Å². The fourth-order valence-corrected chi connectivity index (χ4v) is 11.0. The Bertz CT molecular complexity index is 1430. The molecule has 1 heterocycles. The van der Waals surface area contributed by atoms with E-state index < -0.39 is 61.5 Å². The average molecular weight is 1020 g/mol. The molecule has 0 spiro atoms. The lowest BCUT2D eigenvalue weighted by Gasteiger charge is -2.42. The Morgan fingerprint density at radius 2 is 1.11 bits per heavy atom. The number of carbonyl (C=O) groups is 1. The van der Waals surface area contributed by atoms with Crippen molar-refractivity contribution in [3.05, 3.63) is 35.5 Å². The van der Waals surface area contributed by atoms with Crippen molar-refractivity contribution in [2.45, 2.75) is 308 Å². The molecule has 12 atom stereocenters. The van der Waals surface area contributed by atoms with E-state index in [-0.39, 0.29) is 19.6 Å². The van der Waals surface area contributed by atoms with Crippen molar-refractivity contribution in [1.29, 1.82) is 0 Å². The highest BCUT2D eigenvalue weighted by Gasteiger charge is 2.46. The summed E-state index contributed by atoms with van der Waals surface area (Å²) in [6, 6.07) is -0.875. The Balaban J connectivity index is 1.43. The molecule has 0 radical (unpaired) electrons. The van der Waals surface area contributed by atoms with E-state index in [9.17, 15) is 30.3 Å². The lowest BCUT2D eigenvalue weighted by molar-refractivity contribution is -0.310. The Labute approximate surface area is 441 Å². The molecule has 1 amide bonds. The van der Waals surface area contributed by atoms with Gasteiger partial charge in [-0.2, -0.15) is 0 Å². The summed E-state index contributed by atoms with van der Waals surface area (Å²) < 4.78 is 18.2. The van der Waals surface area contributed by atoms with E-state index in [1.54, 1.807) is 0 Å². The Kier molecular flexibility index (Phi) is 36.5. The van der Waals surface area contributed by atoms with Gasteiger partial charge in [-0.05, 0) is 102 Å². The molecule has 0 aromatic heterocycles. The molecule has 2 aliphatic carbocycles. The smallest absolute Gasteiger partial charge is 0.249 e. The minimum Gasteiger partial charge on any atom is -0.394 e. The Hall–Kier alpha value is -1.63. The van der Waals surface area contributed by atoms with Gasteiger partial charge in [0.1, 0.15) is 30.5 Å². The third-order valence-electron chi connectivity index (χ3n) is 16.2. The Morgan fingerprint density at radius 3 is 1.64 bits per heavy atom. The quantitative estimate of drug-likeness (QED) is 0.0258. The molecule has 0 aromatic carbocycles. The van der Waals surface area contributed by atoms with Crippen molar-refractivity contribution in [1.82, 2.24) is 5.32 Å². The van der Waals surface area contributed by atoms with Crippen molar-refractivity contribution in [2.75, 3.05) is 19.8 Å². The summed E-state index contributed by atoms with van der Waals surface area (Å²) in [6.07, 6.45) is 42.2. The molecule has 3 rings (SSSR count). The molecule has 420 valence electrons. The van der Waals surface area contributed by atoms with Crippen molar-refractivity contribution >= 4 is 5.91 Å². The second-order valence-electron chi connectivity index (χ2n) is 23.1. The first-order chi connectivity index (χ1) is 35.0. The summed E-state index contributed by atoms with van der Waals surface area (Å²) in [7, 11) is 0. The summed E-state index contributed by atoms with van der Waals surface area (Å²) in [5, 5.41) is 57.3. The number of allylic oxidation sites excluding steroid dienone is 5. The zero-order valence-electron chi connectivity index (χ0n) is 47.0. The molecule has 1 saturated heterocycles. The van der Waals surface area contributed by atoms with Crippen molar-refractivity contribution in [2.24, 2.45) is 23.7 Å². The van der Waals surface area contributed by atoms with E-state index in [1.165, 1.54) is 173 Å². The highest BCUT2D eigenvalue weighted by atomic mass is 16.7. The number of nitrogens with one attached hydrogen (secondary N) is 1. The van der Waals surface area contributed by atoms with Crippen LogP contribution in [0.25, 0.3) is 0 Å². The van der Waals surface area contributed by atoms with Crippen LogP contribution >= 0.6 is 0 Å². The highest BCUT2D eigenvalue weighted by molar-refractivity contribution is 5.80. The molecule has 3 aliphatic rings. The molecule has 0 bridgehead atoms. The minimum absolute atomic E-state index is 0.145. The number of carbonyl (C=O) groups excluding carboxylic acids is 1. The van der Waals surface area contributed by atoms with Gasteiger partial charge in [0, 0.05) is 0 Å². The Morgan fingerprint density at radius 1 is 0.611 bits per heavy atom. The first-order valence-corrected chi connectivity index (χ1v) is 30.4. The number of unbranched alkanes of at least 4 members (excludes halogenated alkanes) is 20. The van der Waals surface area contributed by atoms with E-state index in [0.717, 1.165) is 67.8 Å². The third kappa shape index (κ3) is 29.6. The third-order valence-corrected chi connectivity index (χ3v) is 16.2. The van der Waals surface area contributed by atoms with Crippen LogP contribution in [0, 0.1) is 23.7 Å². The zero-order chi connectivity index (χ0) is 52.2. The SMILES string of the molecule is CCCCCCCCCC[C@H]1C[C@H]1CCCC/C=C\CC[C@@H](O)C(=O)N[C@@H](CO[C@@H]1O[C@@H](CO)[C@@H](O)[C@H](O)[C@@H]1OC/C=C(\C)CCC=C(C)C)[C@H](O)CCCCCCC[C@@H]1C[C@@H]1CCCCCCCCCC. The van der Waals surface area contributed by atoms with Gasteiger partial charge in [-0.15, -0.1) is 0 Å². The molecule has 2 saturated carbocycles. The minimum atomic E-state index is -1.41. The van der Waals surface area contributed by atoms with Crippen LogP contribution < -0.4 is 5.32 Å². The van der Waals surface area contributed by atoms with Gasteiger partial charge in [0.25, 0.3) is 0 Å². The van der Waals surface area contributed by atoms with Crippen molar-refractivity contribution < 1.29 is 44.5 Å². The standard InChI is InChI=1S/C62H113NO9/c1-6-8-10-12-14-16-21-27-36-50-44-52(50)38-29-23-18-19-25-32-41-56(66)61(69)63-54(55(65)40-31-26-20-24-30-39-53-45-51(53)37-28-22-17-15-13-11-9-7-2)47-71-62-60(59(68)58(67)57(46-64)72-62)70-43-42-49(5)35-33-34-48(3)4/h19,25,34,42,50-60,62,64-68H,6-18,20-24,26-33,35-41,43-47H2,1-5H3,(H,63,69)/b25-19-,49-42+/t50-,51-,52+,53+,54-,55+,56+,57-,58+,59-,60-,62+/m0/s1. The van der Waals surface area contributed by atoms with Crippen LogP contribution in [-0.2, 0) is 19.0 Å². The van der Waals surface area contributed by atoms with Gasteiger partial charge in [0.2, 0.25) is 5.91 Å². The number of amides is 1. The van der Waals surface area contributed by atoms with E-state index in [1.807, 2.05) is 13.0 Å². The van der Waals surface area contributed by atoms with E-state index >= 15 is 0 Å². The van der Waals surface area contributed by atoms with Crippen LogP contribution in [-0.4, -0.2) is 100 Å². The van der Waals surface area contributed by atoms with Gasteiger partial charge in [-0.25, -0.2) is 0 Å². The topological polar surface area (TPSA) is 158 Å². The average Bonchev–Trinajstić information content (AvgIpc) is 4.30. The van der Waals surface area contributed by atoms with Gasteiger partial charge < -0.3 is 45.1 Å². The molecule has 1 aliphatic heterocycles. The fourth-order valence-electron chi connectivity index (χ4n) is 11.0. The van der Waals surface area contributed by atoms with E-state index in [0.29, 0.717) is 12.8 Å². The fraction of sp³-hybridized carbons (Fsp3) is 0.887.